The fraction of sp³-hybridized carbons (Fsp3) is 0.360. The van der Waals surface area contributed by atoms with Crippen molar-refractivity contribution in [2.24, 2.45) is 5.92 Å². The van der Waals surface area contributed by atoms with Gasteiger partial charge in [-0.2, -0.15) is 0 Å². The number of H-pyrrole nitrogens is 1. The number of likely N-dealkylation sites (tertiary alicyclic amines) is 1. The molecule has 0 saturated carbocycles. The van der Waals surface area contributed by atoms with Crippen LogP contribution in [0.2, 0.25) is 0 Å². The minimum atomic E-state index is -0.587. The van der Waals surface area contributed by atoms with Crippen LogP contribution in [0.3, 0.4) is 0 Å². The van der Waals surface area contributed by atoms with Crippen LogP contribution in [-0.4, -0.2) is 59.0 Å². The van der Waals surface area contributed by atoms with Gasteiger partial charge in [0, 0.05) is 18.7 Å². The number of piperidine rings is 1. The van der Waals surface area contributed by atoms with E-state index in [9.17, 15) is 14.4 Å². The van der Waals surface area contributed by atoms with E-state index in [0.717, 1.165) is 16.6 Å². The highest BCUT2D eigenvalue weighted by Crippen LogP contribution is 2.22. The number of amides is 1. The number of carbonyl (C=O) groups is 3. The second kappa shape index (κ2) is 9.85. The topological polar surface area (TPSA) is 102 Å². The summed E-state index contributed by atoms with van der Waals surface area (Å²) in [7, 11) is 0. The monoisotopic (exact) mass is 449 g/mol. The number of hydrogen-bond acceptors (Lipinski definition) is 6. The maximum absolute atomic E-state index is 12.5. The van der Waals surface area contributed by atoms with Crippen molar-refractivity contribution in [2.45, 2.75) is 26.7 Å². The Morgan fingerprint density at radius 3 is 2.67 bits per heavy atom. The Balaban J connectivity index is 1.38. The molecule has 3 aromatic rings. The Bertz CT molecular complexity index is 1170. The summed E-state index contributed by atoms with van der Waals surface area (Å²) in [4.78, 5) is 46.4. The van der Waals surface area contributed by atoms with Crippen molar-refractivity contribution in [1.82, 2.24) is 14.9 Å². The summed E-state index contributed by atoms with van der Waals surface area (Å²) in [5.41, 5.74) is 3.89. The van der Waals surface area contributed by atoms with Crippen LogP contribution in [0.4, 0.5) is 0 Å². The van der Waals surface area contributed by atoms with Crippen LogP contribution in [-0.2, 0) is 19.1 Å². The smallest absolute Gasteiger partial charge is 0.338 e. The van der Waals surface area contributed by atoms with Crippen molar-refractivity contribution in [2.75, 3.05) is 26.3 Å². The number of nitrogens with one attached hydrogen (secondary N) is 1. The fourth-order valence-corrected chi connectivity index (χ4v) is 3.94. The lowest BCUT2D eigenvalue weighted by Gasteiger charge is -2.31. The zero-order chi connectivity index (χ0) is 23.4. The number of aromatic amines is 1. The maximum Gasteiger partial charge on any atom is 0.338 e. The van der Waals surface area contributed by atoms with Crippen LogP contribution in [0.15, 0.2) is 42.5 Å². The van der Waals surface area contributed by atoms with Crippen LogP contribution < -0.4 is 0 Å². The van der Waals surface area contributed by atoms with E-state index in [-0.39, 0.29) is 30.9 Å². The molecule has 1 unspecified atom stereocenters. The number of carbonyl (C=O) groups excluding carboxylic acids is 3. The number of fused-ring (bicyclic) bond motifs is 1. The zero-order valence-electron chi connectivity index (χ0n) is 18.8. The summed E-state index contributed by atoms with van der Waals surface area (Å²) < 4.78 is 10.3. The number of rotatable bonds is 6. The second-order valence-corrected chi connectivity index (χ2v) is 8.19. The molecule has 2 aromatic carbocycles. The summed E-state index contributed by atoms with van der Waals surface area (Å²) in [5.74, 6) is -0.807. The molecule has 0 bridgehead atoms. The van der Waals surface area contributed by atoms with Gasteiger partial charge >= 0.3 is 11.9 Å². The molecule has 1 N–H and O–H groups in total. The Labute approximate surface area is 191 Å². The molecule has 8 nitrogen and oxygen atoms in total. The Hall–Kier alpha value is -3.68. The average molecular weight is 450 g/mol. The van der Waals surface area contributed by atoms with E-state index in [0.29, 0.717) is 42.9 Å². The van der Waals surface area contributed by atoms with E-state index >= 15 is 0 Å². The van der Waals surface area contributed by atoms with Crippen LogP contribution in [0.25, 0.3) is 22.4 Å². The fourth-order valence-electron chi connectivity index (χ4n) is 3.94. The van der Waals surface area contributed by atoms with Crippen LogP contribution in [0.5, 0.6) is 0 Å². The highest BCUT2D eigenvalue weighted by atomic mass is 16.5. The molecule has 4 rings (SSSR count). The molecule has 33 heavy (non-hydrogen) atoms. The van der Waals surface area contributed by atoms with Gasteiger partial charge in [0.2, 0.25) is 0 Å². The summed E-state index contributed by atoms with van der Waals surface area (Å²) in [6, 6.07) is 13.1. The van der Waals surface area contributed by atoms with Crippen molar-refractivity contribution >= 4 is 28.9 Å². The molecule has 8 heteroatoms. The van der Waals surface area contributed by atoms with E-state index in [2.05, 4.69) is 9.97 Å². The molecule has 1 amide bonds. The third-order valence-corrected chi connectivity index (χ3v) is 5.76. The molecule has 1 saturated heterocycles. The number of aromatic nitrogens is 2. The molecule has 1 aliphatic heterocycles. The predicted molar refractivity (Wildman–Crippen MR) is 122 cm³/mol. The van der Waals surface area contributed by atoms with E-state index < -0.39 is 5.97 Å². The molecular weight excluding hydrogens is 422 g/mol. The first-order valence-corrected chi connectivity index (χ1v) is 11.1. The van der Waals surface area contributed by atoms with Crippen LogP contribution in [0.1, 0.15) is 35.7 Å². The van der Waals surface area contributed by atoms with Crippen molar-refractivity contribution in [3.8, 4) is 11.4 Å². The number of nitrogens with zero attached hydrogens (tertiary/aromatic N) is 2. The second-order valence-electron chi connectivity index (χ2n) is 8.19. The third-order valence-electron chi connectivity index (χ3n) is 5.76. The largest absolute Gasteiger partial charge is 0.466 e. The van der Waals surface area contributed by atoms with Crippen molar-refractivity contribution in [1.29, 1.82) is 0 Å². The number of hydrogen-bond donors (Lipinski definition) is 1. The summed E-state index contributed by atoms with van der Waals surface area (Å²) >= 11 is 0. The number of esters is 2. The van der Waals surface area contributed by atoms with Crippen molar-refractivity contribution in [3.63, 3.8) is 0 Å². The molecule has 172 valence electrons. The molecular formula is C25H27N3O5. The van der Waals surface area contributed by atoms with Gasteiger partial charge in [-0.15, -0.1) is 0 Å². The molecule has 0 radical (unpaired) electrons. The van der Waals surface area contributed by atoms with Gasteiger partial charge in [-0.1, -0.05) is 29.8 Å². The van der Waals surface area contributed by atoms with E-state index in [1.807, 2.05) is 31.2 Å². The normalized spacial score (nSPS) is 15.9. The maximum atomic E-state index is 12.5. The molecule has 1 atom stereocenters. The van der Waals surface area contributed by atoms with Crippen LogP contribution in [0, 0.1) is 12.8 Å². The average Bonchev–Trinajstić information content (AvgIpc) is 3.26. The van der Waals surface area contributed by atoms with Gasteiger partial charge in [0.15, 0.2) is 6.61 Å². The summed E-state index contributed by atoms with van der Waals surface area (Å²) in [5, 5.41) is 0. The molecule has 0 aliphatic carbocycles. The first kappa shape index (κ1) is 22.5. The van der Waals surface area contributed by atoms with Crippen molar-refractivity contribution < 1.29 is 23.9 Å². The minimum absolute atomic E-state index is 0.287. The first-order chi connectivity index (χ1) is 15.9. The summed E-state index contributed by atoms with van der Waals surface area (Å²) in [6.07, 6.45) is 1.40. The van der Waals surface area contributed by atoms with E-state index in [1.165, 1.54) is 0 Å². The van der Waals surface area contributed by atoms with Gasteiger partial charge in [-0.25, -0.2) is 9.78 Å². The van der Waals surface area contributed by atoms with Gasteiger partial charge in [0.1, 0.15) is 5.82 Å². The van der Waals surface area contributed by atoms with E-state index in [4.69, 9.17) is 9.47 Å². The SMILES string of the molecule is CCOC(=O)C1CCCN(C(=O)COC(=O)c2ccc3nc(-c4ccc(C)cc4)[nH]c3c2)C1. The Kier molecular flexibility index (Phi) is 6.72. The lowest BCUT2D eigenvalue weighted by Crippen LogP contribution is -2.44. The van der Waals surface area contributed by atoms with Crippen molar-refractivity contribution in [3.05, 3.63) is 53.6 Å². The number of imidazole rings is 1. The van der Waals surface area contributed by atoms with Gasteiger partial charge in [0.05, 0.1) is 29.1 Å². The number of benzene rings is 2. The minimum Gasteiger partial charge on any atom is -0.466 e. The van der Waals surface area contributed by atoms with Gasteiger partial charge in [0.25, 0.3) is 5.91 Å². The molecule has 0 spiro atoms. The molecule has 1 aliphatic rings. The summed E-state index contributed by atoms with van der Waals surface area (Å²) in [6.45, 7) is 4.55. The van der Waals surface area contributed by atoms with Gasteiger partial charge in [-0.05, 0) is 44.9 Å². The molecule has 1 fully saturated rings. The predicted octanol–water partition coefficient (Wildman–Crippen LogP) is 3.50. The lowest BCUT2D eigenvalue weighted by atomic mass is 9.98. The third kappa shape index (κ3) is 5.22. The first-order valence-electron chi connectivity index (χ1n) is 11.1. The number of ether oxygens (including phenoxy) is 2. The Morgan fingerprint density at radius 1 is 1.12 bits per heavy atom. The van der Waals surface area contributed by atoms with Gasteiger partial charge in [-0.3, -0.25) is 9.59 Å². The van der Waals surface area contributed by atoms with Crippen LogP contribution >= 0.6 is 0 Å². The quantitative estimate of drug-likeness (QED) is 0.578. The number of aryl methyl sites for hydroxylation is 1. The molecule has 1 aromatic heterocycles. The Morgan fingerprint density at radius 2 is 1.91 bits per heavy atom. The van der Waals surface area contributed by atoms with E-state index in [1.54, 1.807) is 30.0 Å². The highest BCUT2D eigenvalue weighted by molar-refractivity contribution is 5.95. The molecule has 2 heterocycles. The lowest BCUT2D eigenvalue weighted by molar-refractivity contribution is -0.151. The standard InChI is InChI=1S/C25H27N3O5/c1-3-32-25(31)19-5-4-12-28(14-19)22(29)15-33-24(30)18-10-11-20-21(13-18)27-23(26-20)17-8-6-16(2)7-9-17/h6-11,13,19H,3-5,12,14-15H2,1-2H3,(H,26,27). The highest BCUT2D eigenvalue weighted by Gasteiger charge is 2.29. The zero-order valence-corrected chi connectivity index (χ0v) is 18.8. The van der Waals surface area contributed by atoms with Gasteiger partial charge < -0.3 is 19.4 Å².